The smallest absolute Gasteiger partial charge is 0.257 e. The van der Waals surface area contributed by atoms with E-state index >= 15 is 0 Å². The lowest BCUT2D eigenvalue weighted by Crippen LogP contribution is -2.50. The molecule has 7 nitrogen and oxygen atoms in total. The predicted octanol–water partition coefficient (Wildman–Crippen LogP) is 3.10. The topological polar surface area (TPSA) is 67.7 Å². The minimum absolute atomic E-state index is 0.0364. The van der Waals surface area contributed by atoms with E-state index in [0.717, 1.165) is 11.4 Å². The Labute approximate surface area is 181 Å². The van der Waals surface area contributed by atoms with Gasteiger partial charge in [-0.1, -0.05) is 24.3 Å². The molecule has 0 N–H and O–H groups in total. The van der Waals surface area contributed by atoms with Gasteiger partial charge in [0.05, 0.1) is 29.7 Å². The first-order chi connectivity index (χ1) is 15.0. The lowest BCUT2D eigenvalue weighted by molar-refractivity contribution is 0.0534. The molecular weight excluding hydrogens is 392 g/mol. The third-order valence-corrected chi connectivity index (χ3v) is 5.68. The molecule has 1 fully saturated rings. The first kappa shape index (κ1) is 20.7. The summed E-state index contributed by atoms with van der Waals surface area (Å²) < 4.78 is 7.03. The van der Waals surface area contributed by atoms with Crippen LogP contribution in [0.4, 0.5) is 0 Å². The molecule has 2 aromatic carbocycles. The lowest BCUT2D eigenvalue weighted by Gasteiger charge is -2.35. The molecule has 1 aromatic heterocycles. The minimum Gasteiger partial charge on any atom is -0.497 e. The van der Waals surface area contributed by atoms with E-state index in [2.05, 4.69) is 5.10 Å². The molecule has 1 saturated heterocycles. The normalized spacial score (nSPS) is 13.9. The van der Waals surface area contributed by atoms with Crippen molar-refractivity contribution in [2.45, 2.75) is 13.8 Å². The van der Waals surface area contributed by atoms with Crippen LogP contribution >= 0.6 is 0 Å². The molecule has 1 aliphatic rings. The second kappa shape index (κ2) is 8.63. The highest BCUT2D eigenvalue weighted by atomic mass is 16.5. The first-order valence-electron chi connectivity index (χ1n) is 10.3. The van der Waals surface area contributed by atoms with E-state index in [0.29, 0.717) is 48.7 Å². The van der Waals surface area contributed by atoms with E-state index in [1.807, 2.05) is 65.9 Å². The molecular formula is C24H26N4O3. The third-order valence-electron chi connectivity index (χ3n) is 5.68. The average molecular weight is 418 g/mol. The summed E-state index contributed by atoms with van der Waals surface area (Å²) in [5, 5.41) is 4.59. The quantitative estimate of drug-likeness (QED) is 0.653. The molecule has 31 heavy (non-hydrogen) atoms. The maximum atomic E-state index is 13.3. The number of benzene rings is 2. The van der Waals surface area contributed by atoms with Crippen molar-refractivity contribution in [3.05, 3.63) is 77.1 Å². The highest BCUT2D eigenvalue weighted by Crippen LogP contribution is 2.21. The second-order valence-corrected chi connectivity index (χ2v) is 7.61. The Morgan fingerprint density at radius 1 is 0.871 bits per heavy atom. The van der Waals surface area contributed by atoms with Crippen molar-refractivity contribution in [2.24, 2.45) is 0 Å². The van der Waals surface area contributed by atoms with Crippen molar-refractivity contribution >= 4 is 11.8 Å². The summed E-state index contributed by atoms with van der Waals surface area (Å²) in [6.07, 6.45) is 0. The SMILES string of the molecule is COc1cccc(C(=O)N2CCN(C(=O)c3c(C)nn(-c4ccccc4)c3C)CC2)c1. The zero-order valence-corrected chi connectivity index (χ0v) is 18.0. The van der Waals surface area contributed by atoms with Crippen LogP contribution in [0, 0.1) is 13.8 Å². The Bertz CT molecular complexity index is 1100. The number of rotatable bonds is 4. The standard InChI is InChI=1S/C24H26N4O3/c1-17-22(18(2)28(25-17)20-9-5-4-6-10-20)24(30)27-14-12-26(13-15-27)23(29)19-8-7-11-21(16-19)31-3/h4-11,16H,12-15H2,1-3H3. The van der Waals surface area contributed by atoms with E-state index in [4.69, 9.17) is 4.74 Å². The summed E-state index contributed by atoms with van der Waals surface area (Å²) in [6, 6.07) is 16.9. The Morgan fingerprint density at radius 3 is 2.16 bits per heavy atom. The molecule has 0 aliphatic carbocycles. The predicted molar refractivity (Wildman–Crippen MR) is 118 cm³/mol. The van der Waals surface area contributed by atoms with Crippen molar-refractivity contribution in [3.8, 4) is 11.4 Å². The van der Waals surface area contributed by atoms with Gasteiger partial charge < -0.3 is 14.5 Å². The van der Waals surface area contributed by atoms with Crippen LogP contribution in [-0.2, 0) is 0 Å². The Morgan fingerprint density at radius 2 is 1.52 bits per heavy atom. The summed E-state index contributed by atoms with van der Waals surface area (Å²) in [4.78, 5) is 29.7. The third kappa shape index (κ3) is 4.03. The van der Waals surface area contributed by atoms with Crippen LogP contribution in [0.2, 0.25) is 0 Å². The fraction of sp³-hybridized carbons (Fsp3) is 0.292. The van der Waals surface area contributed by atoms with Gasteiger partial charge in [0.25, 0.3) is 11.8 Å². The minimum atomic E-state index is -0.0461. The molecule has 4 rings (SSSR count). The van der Waals surface area contributed by atoms with Crippen LogP contribution in [0.1, 0.15) is 32.1 Å². The zero-order valence-electron chi connectivity index (χ0n) is 18.0. The summed E-state index contributed by atoms with van der Waals surface area (Å²) in [5.74, 6) is 0.571. The van der Waals surface area contributed by atoms with Gasteiger partial charge in [0.2, 0.25) is 0 Å². The maximum absolute atomic E-state index is 13.3. The number of carbonyl (C=O) groups excluding carboxylic acids is 2. The van der Waals surface area contributed by atoms with Crippen molar-refractivity contribution < 1.29 is 14.3 Å². The van der Waals surface area contributed by atoms with Crippen LogP contribution in [0.5, 0.6) is 5.75 Å². The summed E-state index contributed by atoms with van der Waals surface area (Å²) >= 11 is 0. The maximum Gasteiger partial charge on any atom is 0.257 e. The van der Waals surface area contributed by atoms with Gasteiger partial charge in [-0.2, -0.15) is 5.10 Å². The summed E-state index contributed by atoms with van der Waals surface area (Å²) in [7, 11) is 1.58. The van der Waals surface area contributed by atoms with Gasteiger partial charge in [-0.25, -0.2) is 4.68 Å². The summed E-state index contributed by atoms with van der Waals surface area (Å²) in [6.45, 7) is 5.75. The van der Waals surface area contributed by atoms with Gasteiger partial charge in [-0.15, -0.1) is 0 Å². The molecule has 0 saturated carbocycles. The van der Waals surface area contributed by atoms with Crippen LogP contribution in [0.15, 0.2) is 54.6 Å². The van der Waals surface area contributed by atoms with Crippen LogP contribution in [-0.4, -0.2) is 64.7 Å². The molecule has 0 radical (unpaired) electrons. The highest BCUT2D eigenvalue weighted by Gasteiger charge is 2.29. The number of carbonyl (C=O) groups is 2. The molecule has 1 aliphatic heterocycles. The van der Waals surface area contributed by atoms with Gasteiger partial charge >= 0.3 is 0 Å². The molecule has 2 heterocycles. The summed E-state index contributed by atoms with van der Waals surface area (Å²) in [5.41, 5.74) is 3.69. The average Bonchev–Trinajstić information content (AvgIpc) is 3.12. The number of amides is 2. The number of para-hydroxylation sites is 1. The van der Waals surface area contributed by atoms with Gasteiger partial charge in [0, 0.05) is 31.7 Å². The van der Waals surface area contributed by atoms with Crippen LogP contribution < -0.4 is 4.74 Å². The van der Waals surface area contributed by atoms with E-state index in [1.54, 1.807) is 24.1 Å². The number of nitrogens with zero attached hydrogens (tertiary/aromatic N) is 4. The van der Waals surface area contributed by atoms with Crippen molar-refractivity contribution in [2.75, 3.05) is 33.3 Å². The van der Waals surface area contributed by atoms with E-state index < -0.39 is 0 Å². The molecule has 160 valence electrons. The van der Waals surface area contributed by atoms with E-state index in [-0.39, 0.29) is 11.8 Å². The second-order valence-electron chi connectivity index (χ2n) is 7.61. The number of hydrogen-bond donors (Lipinski definition) is 0. The van der Waals surface area contributed by atoms with Crippen molar-refractivity contribution in [1.29, 1.82) is 0 Å². The van der Waals surface area contributed by atoms with Gasteiger partial charge in [-0.05, 0) is 44.2 Å². The Hall–Kier alpha value is -3.61. The molecule has 0 atom stereocenters. The lowest BCUT2D eigenvalue weighted by atomic mass is 10.1. The van der Waals surface area contributed by atoms with Crippen LogP contribution in [0.25, 0.3) is 5.69 Å². The fourth-order valence-electron chi connectivity index (χ4n) is 3.98. The molecule has 3 aromatic rings. The largest absolute Gasteiger partial charge is 0.497 e. The highest BCUT2D eigenvalue weighted by molar-refractivity contribution is 5.97. The molecule has 0 bridgehead atoms. The van der Waals surface area contributed by atoms with Crippen molar-refractivity contribution in [1.82, 2.24) is 19.6 Å². The number of hydrogen-bond acceptors (Lipinski definition) is 4. The van der Waals surface area contributed by atoms with Crippen molar-refractivity contribution in [3.63, 3.8) is 0 Å². The van der Waals surface area contributed by atoms with Gasteiger partial charge in [0.1, 0.15) is 5.75 Å². The molecule has 0 unspecified atom stereocenters. The number of aryl methyl sites for hydroxylation is 1. The van der Waals surface area contributed by atoms with E-state index in [9.17, 15) is 9.59 Å². The van der Waals surface area contributed by atoms with Crippen LogP contribution in [0.3, 0.4) is 0 Å². The number of ether oxygens (including phenoxy) is 1. The Kier molecular flexibility index (Phi) is 5.75. The van der Waals surface area contributed by atoms with E-state index in [1.165, 1.54) is 0 Å². The molecule has 0 spiro atoms. The fourth-order valence-corrected chi connectivity index (χ4v) is 3.98. The monoisotopic (exact) mass is 418 g/mol. The van der Waals surface area contributed by atoms with Gasteiger partial charge in [0.15, 0.2) is 0 Å². The zero-order chi connectivity index (χ0) is 22.0. The van der Waals surface area contributed by atoms with Gasteiger partial charge in [-0.3, -0.25) is 9.59 Å². The molecule has 2 amide bonds. The number of methoxy groups -OCH3 is 1. The Balaban J connectivity index is 1.46. The number of aromatic nitrogens is 2. The molecule has 7 heteroatoms. The number of piperazine rings is 1. The first-order valence-corrected chi connectivity index (χ1v) is 10.3.